The van der Waals surface area contributed by atoms with E-state index in [4.69, 9.17) is 21.3 Å². The first kappa shape index (κ1) is 17.8. The highest BCUT2D eigenvalue weighted by Crippen LogP contribution is 2.28. The Morgan fingerprint density at radius 3 is 2.80 bits per heavy atom. The Hall–Kier alpha value is -1.98. The zero-order valence-corrected chi connectivity index (χ0v) is 15.5. The molecule has 25 heavy (non-hydrogen) atoms. The number of hydrogen-bond donors (Lipinski definition) is 0. The van der Waals surface area contributed by atoms with Crippen molar-refractivity contribution >= 4 is 34.6 Å². The van der Waals surface area contributed by atoms with Gasteiger partial charge in [-0.2, -0.15) is 0 Å². The van der Waals surface area contributed by atoms with Crippen LogP contribution < -0.4 is 0 Å². The molecular formula is C19H19ClN2O2S. The molecule has 1 saturated heterocycles. The van der Waals surface area contributed by atoms with Crippen LogP contribution in [0.5, 0.6) is 0 Å². The number of thioether (sulfide) groups is 1. The Morgan fingerprint density at radius 1 is 1.28 bits per heavy atom. The molecule has 3 rings (SSSR count). The van der Waals surface area contributed by atoms with E-state index in [2.05, 4.69) is 12.1 Å². The average molecular weight is 375 g/mol. The lowest BCUT2D eigenvalue weighted by Gasteiger charge is -2.18. The monoisotopic (exact) mass is 374 g/mol. The maximum Gasteiger partial charge on any atom is 0.415 e. The zero-order chi connectivity index (χ0) is 17.6. The van der Waals surface area contributed by atoms with Gasteiger partial charge in [0.25, 0.3) is 0 Å². The SMILES string of the molecule is COC(=O)N1CCSC1=NC(Cc1cccc(Cl)c1)c1ccccc1. The van der Waals surface area contributed by atoms with Gasteiger partial charge in [0.1, 0.15) is 0 Å². The lowest BCUT2D eigenvalue weighted by atomic mass is 9.99. The average Bonchev–Trinajstić information content (AvgIpc) is 3.09. The molecule has 0 bridgehead atoms. The van der Waals surface area contributed by atoms with Crippen LogP contribution in [0.2, 0.25) is 5.02 Å². The third kappa shape index (κ3) is 4.55. The fourth-order valence-electron chi connectivity index (χ4n) is 2.72. The molecule has 0 N–H and O–H groups in total. The molecule has 1 atom stereocenters. The summed E-state index contributed by atoms with van der Waals surface area (Å²) in [5, 5.41) is 1.42. The third-order valence-corrected chi connectivity index (χ3v) is 5.15. The van der Waals surface area contributed by atoms with Gasteiger partial charge < -0.3 is 4.74 Å². The molecule has 0 radical (unpaired) electrons. The van der Waals surface area contributed by atoms with Gasteiger partial charge in [-0.3, -0.25) is 9.89 Å². The lowest BCUT2D eigenvalue weighted by Crippen LogP contribution is -2.32. The van der Waals surface area contributed by atoms with Crippen molar-refractivity contribution in [3.63, 3.8) is 0 Å². The maximum absolute atomic E-state index is 11.9. The van der Waals surface area contributed by atoms with E-state index in [0.717, 1.165) is 16.9 Å². The van der Waals surface area contributed by atoms with Crippen molar-refractivity contribution in [2.24, 2.45) is 4.99 Å². The van der Waals surface area contributed by atoms with Crippen LogP contribution in [0.3, 0.4) is 0 Å². The van der Waals surface area contributed by atoms with Crippen LogP contribution in [0.1, 0.15) is 17.2 Å². The molecule has 1 amide bonds. The minimum absolute atomic E-state index is 0.0903. The van der Waals surface area contributed by atoms with Crippen LogP contribution in [0.25, 0.3) is 0 Å². The quantitative estimate of drug-likeness (QED) is 0.772. The van der Waals surface area contributed by atoms with E-state index < -0.39 is 0 Å². The Morgan fingerprint density at radius 2 is 2.08 bits per heavy atom. The molecule has 0 aliphatic carbocycles. The molecule has 1 aliphatic rings. The highest BCUT2D eigenvalue weighted by atomic mass is 35.5. The summed E-state index contributed by atoms with van der Waals surface area (Å²) in [5.41, 5.74) is 2.21. The molecule has 0 spiro atoms. The normalized spacial score (nSPS) is 16.9. The summed E-state index contributed by atoms with van der Waals surface area (Å²) >= 11 is 7.70. The number of methoxy groups -OCH3 is 1. The van der Waals surface area contributed by atoms with Gasteiger partial charge in [-0.05, 0) is 29.7 Å². The number of benzene rings is 2. The minimum atomic E-state index is -0.363. The smallest absolute Gasteiger partial charge is 0.415 e. The largest absolute Gasteiger partial charge is 0.452 e. The first-order valence-electron chi connectivity index (χ1n) is 8.03. The Labute approximate surface area is 156 Å². The summed E-state index contributed by atoms with van der Waals surface area (Å²) in [6, 6.07) is 17.8. The molecule has 2 aromatic rings. The number of hydrogen-bond acceptors (Lipinski definition) is 4. The van der Waals surface area contributed by atoms with Crippen molar-refractivity contribution < 1.29 is 9.53 Å². The standard InChI is InChI=1S/C19H19ClN2O2S/c1-24-19(23)22-10-11-25-18(22)21-17(15-7-3-2-4-8-15)13-14-6-5-9-16(20)12-14/h2-9,12,17H,10-11,13H2,1H3. The predicted octanol–water partition coefficient (Wildman–Crippen LogP) is 4.80. The maximum atomic E-state index is 11.9. The number of amidine groups is 1. The number of carbonyl (C=O) groups is 1. The fourth-order valence-corrected chi connectivity index (χ4v) is 3.91. The summed E-state index contributed by atoms with van der Waals surface area (Å²) in [5.74, 6) is 0.826. The first-order valence-corrected chi connectivity index (χ1v) is 9.39. The number of ether oxygens (including phenoxy) is 1. The molecule has 6 heteroatoms. The van der Waals surface area contributed by atoms with Crippen LogP contribution in [0.4, 0.5) is 4.79 Å². The van der Waals surface area contributed by atoms with E-state index in [1.807, 2.05) is 42.5 Å². The van der Waals surface area contributed by atoms with Gasteiger partial charge in [-0.15, -0.1) is 0 Å². The van der Waals surface area contributed by atoms with Gasteiger partial charge in [0.15, 0.2) is 5.17 Å². The Balaban J connectivity index is 1.91. The van der Waals surface area contributed by atoms with Gasteiger partial charge in [-0.1, -0.05) is 65.8 Å². The van der Waals surface area contributed by atoms with Crippen LogP contribution >= 0.6 is 23.4 Å². The second-order valence-electron chi connectivity index (χ2n) is 5.64. The van der Waals surface area contributed by atoms with E-state index >= 15 is 0 Å². The van der Waals surface area contributed by atoms with Gasteiger partial charge >= 0.3 is 6.09 Å². The van der Waals surface area contributed by atoms with E-state index in [1.165, 1.54) is 7.11 Å². The van der Waals surface area contributed by atoms with Crippen molar-refractivity contribution in [1.29, 1.82) is 0 Å². The number of amides is 1. The summed E-state index contributed by atoms with van der Waals surface area (Å²) in [4.78, 5) is 18.4. The Bertz CT molecular complexity index is 767. The number of carbonyl (C=O) groups excluding carboxylic acids is 1. The number of aliphatic imine (C=N–C) groups is 1. The molecule has 0 saturated carbocycles. The summed E-state index contributed by atoms with van der Waals surface area (Å²) in [6.07, 6.45) is 0.349. The van der Waals surface area contributed by atoms with E-state index in [1.54, 1.807) is 16.7 Å². The van der Waals surface area contributed by atoms with Gasteiger partial charge in [0.2, 0.25) is 0 Å². The number of halogens is 1. The Kier molecular flexibility index (Phi) is 6.00. The predicted molar refractivity (Wildman–Crippen MR) is 103 cm³/mol. The second kappa shape index (κ2) is 8.41. The lowest BCUT2D eigenvalue weighted by molar-refractivity contribution is 0.149. The fraction of sp³-hybridized carbons (Fsp3) is 0.263. The van der Waals surface area contributed by atoms with Gasteiger partial charge in [0.05, 0.1) is 13.2 Å². The highest BCUT2D eigenvalue weighted by Gasteiger charge is 2.27. The number of rotatable bonds is 4. The topological polar surface area (TPSA) is 41.9 Å². The van der Waals surface area contributed by atoms with E-state index in [9.17, 15) is 4.79 Å². The van der Waals surface area contributed by atoms with Crippen molar-refractivity contribution in [2.45, 2.75) is 12.5 Å². The molecule has 2 aromatic carbocycles. The molecular weight excluding hydrogens is 356 g/mol. The summed E-state index contributed by atoms with van der Waals surface area (Å²) in [6.45, 7) is 0.620. The van der Waals surface area contributed by atoms with E-state index in [-0.39, 0.29) is 12.1 Å². The molecule has 1 unspecified atom stereocenters. The van der Waals surface area contributed by atoms with Crippen molar-refractivity contribution in [3.8, 4) is 0 Å². The molecule has 130 valence electrons. The summed E-state index contributed by atoms with van der Waals surface area (Å²) < 4.78 is 4.86. The number of nitrogens with zero attached hydrogens (tertiary/aromatic N) is 2. The molecule has 1 fully saturated rings. The van der Waals surface area contributed by atoms with Crippen molar-refractivity contribution in [3.05, 3.63) is 70.7 Å². The van der Waals surface area contributed by atoms with Crippen molar-refractivity contribution in [2.75, 3.05) is 19.4 Å². The van der Waals surface area contributed by atoms with Crippen molar-refractivity contribution in [1.82, 2.24) is 4.90 Å². The van der Waals surface area contributed by atoms with Crippen LogP contribution in [-0.4, -0.2) is 35.6 Å². The third-order valence-electron chi connectivity index (χ3n) is 3.94. The second-order valence-corrected chi connectivity index (χ2v) is 7.14. The summed E-state index contributed by atoms with van der Waals surface area (Å²) in [7, 11) is 1.39. The highest BCUT2D eigenvalue weighted by molar-refractivity contribution is 8.14. The van der Waals surface area contributed by atoms with Crippen LogP contribution in [0, 0.1) is 0 Å². The zero-order valence-electron chi connectivity index (χ0n) is 13.9. The van der Waals surface area contributed by atoms with Gasteiger partial charge in [-0.25, -0.2) is 4.79 Å². The van der Waals surface area contributed by atoms with Crippen LogP contribution in [0.15, 0.2) is 59.6 Å². The molecule has 0 aromatic heterocycles. The molecule has 1 heterocycles. The minimum Gasteiger partial charge on any atom is -0.452 e. The van der Waals surface area contributed by atoms with Gasteiger partial charge in [0, 0.05) is 17.3 Å². The molecule has 4 nitrogen and oxygen atoms in total. The van der Waals surface area contributed by atoms with Crippen LogP contribution in [-0.2, 0) is 11.2 Å². The molecule has 1 aliphatic heterocycles. The van der Waals surface area contributed by atoms with E-state index in [0.29, 0.717) is 23.2 Å². The first-order chi connectivity index (χ1) is 12.2.